The van der Waals surface area contributed by atoms with Crippen LogP contribution in [0.15, 0.2) is 9.85 Å². The third kappa shape index (κ3) is 5.64. The van der Waals surface area contributed by atoms with Crippen LogP contribution in [0.4, 0.5) is 0 Å². The molecule has 0 aromatic carbocycles. The molecule has 2 nitrogen and oxygen atoms in total. The number of halogens is 2. The number of thiophene rings is 1. The molecule has 5 heteroatoms. The van der Waals surface area contributed by atoms with Gasteiger partial charge in [0.05, 0.1) is 15.4 Å². The number of rotatable bonds is 8. The summed E-state index contributed by atoms with van der Waals surface area (Å²) in [5.74, 6) is 0. The minimum absolute atomic E-state index is 0.785. The highest BCUT2D eigenvalue weighted by Gasteiger charge is 2.03. The minimum atomic E-state index is 0.785. The van der Waals surface area contributed by atoms with Crippen molar-refractivity contribution >= 4 is 38.9 Å². The second-order valence-electron chi connectivity index (χ2n) is 3.53. The van der Waals surface area contributed by atoms with Crippen molar-refractivity contribution < 1.29 is 4.74 Å². The first-order valence-corrected chi connectivity index (χ1v) is 7.36. The zero-order valence-corrected chi connectivity index (χ0v) is 12.6. The van der Waals surface area contributed by atoms with E-state index in [1.807, 2.05) is 0 Å². The van der Waals surface area contributed by atoms with Gasteiger partial charge in [0.15, 0.2) is 0 Å². The fourth-order valence-corrected chi connectivity index (χ4v) is 3.22. The Morgan fingerprint density at radius 3 is 2.88 bits per heavy atom. The van der Waals surface area contributed by atoms with Gasteiger partial charge < -0.3 is 10.1 Å². The van der Waals surface area contributed by atoms with Gasteiger partial charge in [-0.25, -0.2) is 0 Å². The molecule has 0 unspecified atom stereocenters. The smallest absolute Gasteiger partial charge is 0.0887 e. The van der Waals surface area contributed by atoms with Gasteiger partial charge in [-0.05, 0) is 47.8 Å². The molecule has 0 amide bonds. The first kappa shape index (κ1) is 14.5. The Kier molecular flexibility index (Phi) is 7.66. The number of unbranched alkanes of at least 4 members (excludes halogenated alkanes) is 1. The maximum absolute atomic E-state index is 5.96. The molecule has 1 rings (SSSR count). The zero-order chi connectivity index (χ0) is 11.8. The lowest BCUT2D eigenvalue weighted by Crippen LogP contribution is -2.20. The van der Waals surface area contributed by atoms with Gasteiger partial charge in [0, 0.05) is 18.5 Å². The van der Waals surface area contributed by atoms with Gasteiger partial charge in [-0.1, -0.05) is 11.6 Å². The van der Waals surface area contributed by atoms with Crippen molar-refractivity contribution in [2.75, 3.05) is 26.8 Å². The van der Waals surface area contributed by atoms with E-state index in [9.17, 15) is 0 Å². The van der Waals surface area contributed by atoms with E-state index in [2.05, 4.69) is 27.3 Å². The number of aryl methyl sites for hydroxylation is 1. The summed E-state index contributed by atoms with van der Waals surface area (Å²) in [5, 5.41) is 4.16. The molecule has 1 N–H and O–H groups in total. The third-order valence-electron chi connectivity index (χ3n) is 2.21. The molecule has 0 spiro atoms. The van der Waals surface area contributed by atoms with E-state index in [0.717, 1.165) is 34.9 Å². The Bertz CT molecular complexity index is 287. The quantitative estimate of drug-likeness (QED) is 0.735. The molecule has 0 fully saturated rings. The van der Waals surface area contributed by atoms with E-state index in [0.29, 0.717) is 0 Å². The molecule has 16 heavy (non-hydrogen) atoms. The maximum Gasteiger partial charge on any atom is 0.0887 e. The summed E-state index contributed by atoms with van der Waals surface area (Å²) in [4.78, 5) is 1.36. The predicted octanol–water partition coefficient (Wildman–Crippen LogP) is 3.72. The summed E-state index contributed by atoms with van der Waals surface area (Å²) in [5.41, 5.74) is 0. The van der Waals surface area contributed by atoms with Crippen LogP contribution in [0.25, 0.3) is 0 Å². The van der Waals surface area contributed by atoms with Crippen LogP contribution in [-0.4, -0.2) is 26.8 Å². The standard InChI is InChI=1S/C11H17BrClNOS/c1-15-7-6-14-5-3-2-4-9-8-10(13)11(12)16-9/h8,14H,2-7H2,1H3. The van der Waals surface area contributed by atoms with E-state index in [4.69, 9.17) is 16.3 Å². The van der Waals surface area contributed by atoms with Crippen LogP contribution in [0.2, 0.25) is 5.02 Å². The van der Waals surface area contributed by atoms with Crippen molar-refractivity contribution in [2.45, 2.75) is 19.3 Å². The van der Waals surface area contributed by atoms with Crippen LogP contribution in [0.1, 0.15) is 17.7 Å². The van der Waals surface area contributed by atoms with Crippen molar-refractivity contribution in [1.29, 1.82) is 0 Å². The van der Waals surface area contributed by atoms with Gasteiger partial charge in [-0.2, -0.15) is 0 Å². The van der Waals surface area contributed by atoms with Crippen molar-refractivity contribution in [3.05, 3.63) is 19.8 Å². The molecule has 0 saturated carbocycles. The number of ether oxygens (including phenoxy) is 1. The van der Waals surface area contributed by atoms with Gasteiger partial charge in [0.1, 0.15) is 0 Å². The highest BCUT2D eigenvalue weighted by atomic mass is 79.9. The number of nitrogens with one attached hydrogen (secondary N) is 1. The van der Waals surface area contributed by atoms with Crippen LogP contribution in [-0.2, 0) is 11.2 Å². The first-order valence-electron chi connectivity index (χ1n) is 5.37. The van der Waals surface area contributed by atoms with Crippen LogP contribution in [0, 0.1) is 0 Å². The molecular weight excluding hydrogens is 310 g/mol. The number of hydrogen-bond acceptors (Lipinski definition) is 3. The largest absolute Gasteiger partial charge is 0.383 e. The van der Waals surface area contributed by atoms with Crippen molar-refractivity contribution in [1.82, 2.24) is 5.32 Å². The van der Waals surface area contributed by atoms with Crippen molar-refractivity contribution in [3.63, 3.8) is 0 Å². The van der Waals surface area contributed by atoms with Gasteiger partial charge >= 0.3 is 0 Å². The lowest BCUT2D eigenvalue weighted by Gasteiger charge is -2.02. The molecule has 0 saturated heterocycles. The molecule has 0 aliphatic rings. The third-order valence-corrected chi connectivity index (χ3v) is 4.74. The van der Waals surface area contributed by atoms with Gasteiger partial charge in [-0.15, -0.1) is 11.3 Å². The summed E-state index contributed by atoms with van der Waals surface area (Å²) in [6, 6.07) is 2.05. The Hall–Kier alpha value is 0.390. The Morgan fingerprint density at radius 2 is 2.25 bits per heavy atom. The normalized spacial score (nSPS) is 10.9. The Morgan fingerprint density at radius 1 is 1.44 bits per heavy atom. The predicted molar refractivity (Wildman–Crippen MR) is 74.7 cm³/mol. The summed E-state index contributed by atoms with van der Waals surface area (Å²) in [6.45, 7) is 2.78. The lowest BCUT2D eigenvalue weighted by atomic mass is 10.2. The second kappa shape index (κ2) is 8.48. The summed E-state index contributed by atoms with van der Waals surface area (Å²) in [6.07, 6.45) is 3.50. The molecule has 0 radical (unpaired) electrons. The zero-order valence-electron chi connectivity index (χ0n) is 9.39. The molecule has 0 atom stereocenters. The second-order valence-corrected chi connectivity index (χ2v) is 6.40. The highest BCUT2D eigenvalue weighted by Crippen LogP contribution is 2.32. The number of hydrogen-bond donors (Lipinski definition) is 1. The number of methoxy groups -OCH3 is 1. The van der Waals surface area contributed by atoms with E-state index in [-0.39, 0.29) is 0 Å². The van der Waals surface area contributed by atoms with Crippen molar-refractivity contribution in [2.24, 2.45) is 0 Å². The van der Waals surface area contributed by atoms with Gasteiger partial charge in [0.25, 0.3) is 0 Å². The van der Waals surface area contributed by atoms with E-state index >= 15 is 0 Å². The summed E-state index contributed by atoms with van der Waals surface area (Å²) in [7, 11) is 1.72. The Balaban J connectivity index is 2.03. The van der Waals surface area contributed by atoms with E-state index in [1.165, 1.54) is 17.7 Å². The van der Waals surface area contributed by atoms with E-state index < -0.39 is 0 Å². The average molecular weight is 327 g/mol. The highest BCUT2D eigenvalue weighted by molar-refractivity contribution is 9.11. The molecule has 1 heterocycles. The Labute approximate surface area is 114 Å². The van der Waals surface area contributed by atoms with Crippen LogP contribution >= 0.6 is 38.9 Å². The van der Waals surface area contributed by atoms with Gasteiger partial charge in [0.2, 0.25) is 0 Å². The van der Waals surface area contributed by atoms with Gasteiger partial charge in [-0.3, -0.25) is 0 Å². The summed E-state index contributed by atoms with van der Waals surface area (Å²) >= 11 is 11.1. The minimum Gasteiger partial charge on any atom is -0.383 e. The van der Waals surface area contributed by atoms with Crippen molar-refractivity contribution in [3.8, 4) is 0 Å². The van der Waals surface area contributed by atoms with E-state index in [1.54, 1.807) is 18.4 Å². The molecule has 0 aliphatic heterocycles. The molecule has 1 aromatic heterocycles. The first-order chi connectivity index (χ1) is 7.74. The molecule has 0 bridgehead atoms. The van der Waals surface area contributed by atoms with Crippen LogP contribution < -0.4 is 5.32 Å². The molecular formula is C11H17BrClNOS. The lowest BCUT2D eigenvalue weighted by molar-refractivity contribution is 0.199. The monoisotopic (exact) mass is 325 g/mol. The average Bonchev–Trinajstić information content (AvgIpc) is 2.57. The SMILES string of the molecule is COCCNCCCCc1cc(Cl)c(Br)s1. The van der Waals surface area contributed by atoms with Crippen LogP contribution in [0.5, 0.6) is 0 Å². The molecule has 0 aliphatic carbocycles. The summed E-state index contributed by atoms with van der Waals surface area (Å²) < 4.78 is 6.00. The maximum atomic E-state index is 5.96. The topological polar surface area (TPSA) is 21.3 Å². The fourth-order valence-electron chi connectivity index (χ4n) is 1.36. The molecule has 1 aromatic rings. The fraction of sp³-hybridized carbons (Fsp3) is 0.636. The van der Waals surface area contributed by atoms with Crippen LogP contribution in [0.3, 0.4) is 0 Å². The molecule has 92 valence electrons.